The summed E-state index contributed by atoms with van der Waals surface area (Å²) in [5.74, 6) is 0.432. The van der Waals surface area contributed by atoms with E-state index in [-0.39, 0.29) is 28.5 Å². The van der Waals surface area contributed by atoms with Gasteiger partial charge < -0.3 is 15.6 Å². The second kappa shape index (κ2) is 5.53. The van der Waals surface area contributed by atoms with Crippen molar-refractivity contribution >= 4 is 17.0 Å². The van der Waals surface area contributed by atoms with Crippen molar-refractivity contribution in [3.8, 4) is 17.2 Å². The maximum Gasteiger partial charge on any atom is 0.198 e. The topological polar surface area (TPSA) is 72.5 Å². The molecule has 3 aromatic carbocycles. The van der Waals surface area contributed by atoms with Crippen molar-refractivity contribution in [3.63, 3.8) is 0 Å². The molecule has 0 unspecified atom stereocenters. The Morgan fingerprint density at radius 2 is 1.56 bits per heavy atom. The molecule has 122 valence electrons. The van der Waals surface area contributed by atoms with Gasteiger partial charge in [0.2, 0.25) is 0 Å². The number of benzene rings is 3. The zero-order valence-electron chi connectivity index (χ0n) is 13.3. The van der Waals surface area contributed by atoms with Gasteiger partial charge in [-0.25, -0.2) is 0 Å². The highest BCUT2D eigenvalue weighted by Gasteiger charge is 2.31. The lowest BCUT2D eigenvalue weighted by Gasteiger charge is -2.24. The van der Waals surface area contributed by atoms with Gasteiger partial charge in [0.25, 0.3) is 0 Å². The minimum Gasteiger partial charge on any atom is -0.507 e. The molecule has 0 spiro atoms. The third-order valence-electron chi connectivity index (χ3n) is 4.31. The monoisotopic (exact) mass is 329 g/mol. The number of carbonyl (C=O) groups excluding carboxylic acids is 1. The minimum absolute atomic E-state index is 0.168. The van der Waals surface area contributed by atoms with E-state index in [0.29, 0.717) is 28.0 Å². The van der Waals surface area contributed by atoms with Gasteiger partial charge in [0, 0.05) is 17.2 Å². The molecule has 4 heteroatoms. The molecule has 0 saturated heterocycles. The lowest BCUT2D eigenvalue weighted by atomic mass is 9.80. The molecule has 1 aliphatic rings. The summed E-state index contributed by atoms with van der Waals surface area (Å²) in [4.78, 5) is 12.8. The lowest BCUT2D eigenvalue weighted by molar-refractivity contribution is 0.103. The van der Waals surface area contributed by atoms with Gasteiger partial charge in [0.05, 0.1) is 11.3 Å². The standard InChI is InChI=1S/C21H15NO3/c1-12-14-9-5-6-10-15(14)21(24)19-16(23)11-17(20(22)18(12)19)25-13-7-3-2-4-8-13/h2-11,23H,1,22H2. The van der Waals surface area contributed by atoms with Gasteiger partial charge >= 0.3 is 0 Å². The normalized spacial score (nSPS) is 12.5. The first-order chi connectivity index (χ1) is 12.1. The highest BCUT2D eigenvalue weighted by molar-refractivity contribution is 6.21. The second-order valence-corrected chi connectivity index (χ2v) is 5.83. The smallest absolute Gasteiger partial charge is 0.198 e. The number of ether oxygens (including phenoxy) is 1. The Morgan fingerprint density at radius 1 is 0.920 bits per heavy atom. The van der Waals surface area contributed by atoms with Crippen LogP contribution in [-0.2, 0) is 0 Å². The quantitative estimate of drug-likeness (QED) is 0.423. The molecule has 25 heavy (non-hydrogen) atoms. The van der Waals surface area contributed by atoms with Crippen molar-refractivity contribution < 1.29 is 14.6 Å². The number of nitrogens with two attached hydrogens (primary N) is 1. The van der Waals surface area contributed by atoms with Crippen LogP contribution in [0.1, 0.15) is 27.0 Å². The summed E-state index contributed by atoms with van der Waals surface area (Å²) >= 11 is 0. The number of ketones is 1. The van der Waals surface area contributed by atoms with E-state index >= 15 is 0 Å². The number of rotatable bonds is 2. The van der Waals surface area contributed by atoms with Gasteiger partial charge in [0.1, 0.15) is 11.5 Å². The van der Waals surface area contributed by atoms with E-state index in [4.69, 9.17) is 10.5 Å². The molecule has 4 rings (SSSR count). The summed E-state index contributed by atoms with van der Waals surface area (Å²) in [7, 11) is 0. The molecule has 3 aromatic rings. The zero-order valence-corrected chi connectivity index (χ0v) is 13.3. The van der Waals surface area contributed by atoms with Crippen molar-refractivity contribution in [1.82, 2.24) is 0 Å². The van der Waals surface area contributed by atoms with Gasteiger partial charge in [-0.2, -0.15) is 0 Å². The van der Waals surface area contributed by atoms with E-state index in [2.05, 4.69) is 6.58 Å². The molecule has 0 bridgehead atoms. The number of phenolic OH excluding ortho intramolecular Hbond substituents is 1. The van der Waals surface area contributed by atoms with Crippen LogP contribution in [0, 0.1) is 0 Å². The molecule has 0 fully saturated rings. The molecule has 0 aromatic heterocycles. The average Bonchev–Trinajstić information content (AvgIpc) is 2.63. The molecular formula is C21H15NO3. The van der Waals surface area contributed by atoms with E-state index in [9.17, 15) is 9.90 Å². The highest BCUT2D eigenvalue weighted by atomic mass is 16.5. The molecular weight excluding hydrogens is 314 g/mol. The van der Waals surface area contributed by atoms with Gasteiger partial charge in [0.15, 0.2) is 11.5 Å². The average molecular weight is 329 g/mol. The number of aromatic hydroxyl groups is 1. The number of carbonyl (C=O) groups is 1. The zero-order chi connectivity index (χ0) is 17.6. The minimum atomic E-state index is -0.270. The summed E-state index contributed by atoms with van der Waals surface area (Å²) in [6, 6.07) is 17.6. The van der Waals surface area contributed by atoms with Crippen LogP contribution in [0.4, 0.5) is 5.69 Å². The Hall–Kier alpha value is -3.53. The van der Waals surface area contributed by atoms with Crippen molar-refractivity contribution in [2.45, 2.75) is 0 Å². The van der Waals surface area contributed by atoms with Crippen LogP contribution in [0.5, 0.6) is 17.2 Å². The Balaban J connectivity index is 1.90. The van der Waals surface area contributed by atoms with Crippen molar-refractivity contribution in [2.24, 2.45) is 0 Å². The molecule has 0 heterocycles. The van der Waals surface area contributed by atoms with Crippen LogP contribution in [0.15, 0.2) is 67.2 Å². The number of hydrogen-bond acceptors (Lipinski definition) is 4. The summed E-state index contributed by atoms with van der Waals surface area (Å²) < 4.78 is 5.79. The third kappa shape index (κ3) is 2.27. The third-order valence-corrected chi connectivity index (χ3v) is 4.31. The molecule has 0 aliphatic heterocycles. The van der Waals surface area contributed by atoms with E-state index in [1.807, 2.05) is 30.3 Å². The van der Waals surface area contributed by atoms with Crippen LogP contribution >= 0.6 is 0 Å². The largest absolute Gasteiger partial charge is 0.507 e. The van der Waals surface area contributed by atoms with Crippen LogP contribution in [0.25, 0.3) is 5.57 Å². The van der Waals surface area contributed by atoms with Crippen LogP contribution in [0.2, 0.25) is 0 Å². The molecule has 0 amide bonds. The van der Waals surface area contributed by atoms with Crippen LogP contribution in [-0.4, -0.2) is 10.9 Å². The molecule has 1 aliphatic carbocycles. The van der Waals surface area contributed by atoms with Gasteiger partial charge in [-0.1, -0.05) is 49.0 Å². The molecule has 0 saturated carbocycles. The first-order valence-electron chi connectivity index (χ1n) is 7.79. The van der Waals surface area contributed by atoms with Gasteiger partial charge in [-0.05, 0) is 23.3 Å². The van der Waals surface area contributed by atoms with E-state index in [1.165, 1.54) is 6.07 Å². The SMILES string of the molecule is C=C1c2ccccc2C(=O)c2c(O)cc(Oc3ccccc3)c(N)c21. The van der Waals surface area contributed by atoms with Crippen molar-refractivity contribution in [2.75, 3.05) is 5.73 Å². The maximum atomic E-state index is 12.8. The van der Waals surface area contributed by atoms with E-state index < -0.39 is 0 Å². The fourth-order valence-electron chi connectivity index (χ4n) is 3.12. The Kier molecular flexibility index (Phi) is 3.32. The number of fused-ring (bicyclic) bond motifs is 2. The van der Waals surface area contributed by atoms with E-state index in [0.717, 1.165) is 0 Å². The molecule has 3 N–H and O–H groups in total. The Morgan fingerprint density at radius 3 is 2.28 bits per heavy atom. The Bertz CT molecular complexity index is 1020. The number of phenols is 1. The number of hydrogen-bond donors (Lipinski definition) is 2. The first-order valence-corrected chi connectivity index (χ1v) is 7.79. The summed E-state index contributed by atoms with van der Waals surface area (Å²) in [6.45, 7) is 4.08. The van der Waals surface area contributed by atoms with Crippen LogP contribution in [0.3, 0.4) is 0 Å². The number of anilines is 1. The van der Waals surface area contributed by atoms with E-state index in [1.54, 1.807) is 24.3 Å². The second-order valence-electron chi connectivity index (χ2n) is 5.83. The highest BCUT2D eigenvalue weighted by Crippen LogP contribution is 2.46. The predicted molar refractivity (Wildman–Crippen MR) is 97.0 cm³/mol. The summed E-state index contributed by atoms with van der Waals surface area (Å²) in [5, 5.41) is 10.5. The first kappa shape index (κ1) is 15.0. The predicted octanol–water partition coefficient (Wildman–Crippen LogP) is 4.37. The van der Waals surface area contributed by atoms with Crippen LogP contribution < -0.4 is 10.5 Å². The fourth-order valence-corrected chi connectivity index (χ4v) is 3.12. The molecule has 0 atom stereocenters. The van der Waals surface area contributed by atoms with Crippen molar-refractivity contribution in [3.05, 3.63) is 89.5 Å². The van der Waals surface area contributed by atoms with Gasteiger partial charge in [-0.15, -0.1) is 0 Å². The fraction of sp³-hybridized carbons (Fsp3) is 0. The number of para-hydroxylation sites is 1. The van der Waals surface area contributed by atoms with Crippen molar-refractivity contribution in [1.29, 1.82) is 0 Å². The number of nitrogen functional groups attached to an aromatic ring is 1. The summed E-state index contributed by atoms with van der Waals surface area (Å²) in [6.07, 6.45) is 0. The van der Waals surface area contributed by atoms with Gasteiger partial charge in [-0.3, -0.25) is 4.79 Å². The lowest BCUT2D eigenvalue weighted by Crippen LogP contribution is -2.16. The molecule has 0 radical (unpaired) electrons. The summed E-state index contributed by atoms with van der Waals surface area (Å²) in [5.41, 5.74) is 8.97. The molecule has 4 nitrogen and oxygen atoms in total. The maximum absolute atomic E-state index is 12.8. The Labute approximate surface area is 144 Å².